The van der Waals surface area contributed by atoms with Gasteiger partial charge in [-0.05, 0) is 43.2 Å². The molecular weight excluding hydrogens is 466 g/mol. The van der Waals surface area contributed by atoms with Crippen LogP contribution in [-0.2, 0) is 0 Å². The largest absolute Gasteiger partial charge is 0.507 e. The SMILES string of the molecule is CC(C)c1ncccc1-n1c(=O)nc(N2CCNC[C@@H]2C)c2cc(F)c(-c3c(O)cccc3F)nc21. The van der Waals surface area contributed by atoms with Gasteiger partial charge in [0.05, 0.1) is 22.3 Å². The Balaban J connectivity index is 1.89. The molecule has 0 amide bonds. The van der Waals surface area contributed by atoms with Gasteiger partial charge in [0, 0.05) is 31.9 Å². The van der Waals surface area contributed by atoms with Crippen LogP contribution in [-0.4, -0.2) is 50.3 Å². The highest BCUT2D eigenvalue weighted by Gasteiger charge is 2.27. The van der Waals surface area contributed by atoms with E-state index in [1.165, 1.54) is 22.8 Å². The van der Waals surface area contributed by atoms with E-state index in [2.05, 4.69) is 20.3 Å². The molecule has 0 aliphatic carbocycles. The zero-order chi connectivity index (χ0) is 25.6. The number of rotatable bonds is 4. The van der Waals surface area contributed by atoms with E-state index in [1.54, 1.807) is 18.3 Å². The molecule has 4 heterocycles. The zero-order valence-electron chi connectivity index (χ0n) is 20.2. The molecule has 3 aromatic heterocycles. The summed E-state index contributed by atoms with van der Waals surface area (Å²) in [6, 6.07) is 8.32. The Morgan fingerprint density at radius 1 is 1.14 bits per heavy atom. The fraction of sp³-hybridized carbons (Fsp3) is 0.308. The number of aromatic nitrogens is 4. The van der Waals surface area contributed by atoms with E-state index >= 15 is 4.39 Å². The maximum absolute atomic E-state index is 15.6. The standard InChI is InChI=1S/C26H26F2N6O2/c1-14(2)22-19(7-5-9-30-22)34-25-16(24(32-26(34)36)33-11-10-29-13-15(33)3)12-18(28)23(31-25)21-17(27)6-4-8-20(21)35/h4-9,12,14-15,29,35H,10-11,13H2,1-3H3/t15-/m0/s1. The first kappa shape index (κ1) is 23.8. The molecule has 5 rings (SSSR count). The molecule has 1 aromatic carbocycles. The second-order valence-corrected chi connectivity index (χ2v) is 9.19. The molecule has 4 aromatic rings. The van der Waals surface area contributed by atoms with Gasteiger partial charge in [-0.1, -0.05) is 19.9 Å². The molecule has 10 heteroatoms. The number of piperazine rings is 1. The fourth-order valence-electron chi connectivity index (χ4n) is 4.66. The van der Waals surface area contributed by atoms with Gasteiger partial charge in [-0.15, -0.1) is 0 Å². The predicted octanol–water partition coefficient (Wildman–Crippen LogP) is 3.75. The van der Waals surface area contributed by atoms with Gasteiger partial charge < -0.3 is 15.3 Å². The number of aromatic hydroxyl groups is 1. The van der Waals surface area contributed by atoms with Crippen LogP contribution in [0, 0.1) is 11.6 Å². The third kappa shape index (κ3) is 3.97. The van der Waals surface area contributed by atoms with Crippen LogP contribution >= 0.6 is 0 Å². The smallest absolute Gasteiger partial charge is 0.355 e. The van der Waals surface area contributed by atoms with Crippen LogP contribution in [0.3, 0.4) is 0 Å². The Bertz CT molecular complexity index is 1500. The van der Waals surface area contributed by atoms with Gasteiger partial charge in [0.2, 0.25) is 0 Å². The Morgan fingerprint density at radius 3 is 2.67 bits per heavy atom. The van der Waals surface area contributed by atoms with Gasteiger partial charge in [-0.3, -0.25) is 4.98 Å². The van der Waals surface area contributed by atoms with E-state index in [9.17, 15) is 14.3 Å². The number of phenolic OH excluding ortho intramolecular Hbond substituents is 1. The molecule has 0 spiro atoms. The fourth-order valence-corrected chi connectivity index (χ4v) is 4.66. The molecule has 0 bridgehead atoms. The van der Waals surface area contributed by atoms with E-state index in [0.29, 0.717) is 42.2 Å². The quantitative estimate of drug-likeness (QED) is 0.448. The van der Waals surface area contributed by atoms with Crippen molar-refractivity contribution in [3.63, 3.8) is 0 Å². The number of nitrogens with one attached hydrogen (secondary N) is 1. The summed E-state index contributed by atoms with van der Waals surface area (Å²) < 4.78 is 31.6. The molecule has 0 radical (unpaired) electrons. The van der Waals surface area contributed by atoms with Gasteiger partial charge in [-0.25, -0.2) is 23.1 Å². The first-order chi connectivity index (χ1) is 17.3. The van der Waals surface area contributed by atoms with Crippen LogP contribution in [0.15, 0.2) is 47.4 Å². The summed E-state index contributed by atoms with van der Waals surface area (Å²) in [7, 11) is 0. The van der Waals surface area contributed by atoms with Crippen molar-refractivity contribution >= 4 is 16.9 Å². The summed E-state index contributed by atoms with van der Waals surface area (Å²) in [6.45, 7) is 7.78. The van der Waals surface area contributed by atoms with Crippen molar-refractivity contribution in [2.24, 2.45) is 0 Å². The first-order valence-electron chi connectivity index (χ1n) is 11.8. The van der Waals surface area contributed by atoms with Crippen LogP contribution < -0.4 is 15.9 Å². The number of fused-ring (bicyclic) bond motifs is 1. The maximum atomic E-state index is 15.6. The number of phenols is 1. The van der Waals surface area contributed by atoms with Crippen molar-refractivity contribution in [3.05, 3.63) is 70.4 Å². The topological polar surface area (TPSA) is 96.2 Å². The lowest BCUT2D eigenvalue weighted by molar-refractivity contribution is 0.470. The summed E-state index contributed by atoms with van der Waals surface area (Å²) in [5, 5.41) is 13.9. The molecular formula is C26H26F2N6O2. The lowest BCUT2D eigenvalue weighted by Gasteiger charge is -2.35. The van der Waals surface area contributed by atoms with Crippen molar-refractivity contribution < 1.29 is 13.9 Å². The Morgan fingerprint density at radius 2 is 1.94 bits per heavy atom. The van der Waals surface area contributed by atoms with Gasteiger partial charge in [0.15, 0.2) is 11.5 Å². The average Bonchev–Trinajstić information content (AvgIpc) is 2.84. The minimum Gasteiger partial charge on any atom is -0.507 e. The zero-order valence-corrected chi connectivity index (χ0v) is 20.2. The van der Waals surface area contributed by atoms with Crippen LogP contribution in [0.25, 0.3) is 28.0 Å². The molecule has 0 saturated carbocycles. The van der Waals surface area contributed by atoms with Crippen LogP contribution in [0.2, 0.25) is 0 Å². The molecule has 36 heavy (non-hydrogen) atoms. The first-order valence-corrected chi connectivity index (χ1v) is 11.8. The van der Waals surface area contributed by atoms with Crippen LogP contribution in [0.1, 0.15) is 32.4 Å². The molecule has 1 aliphatic rings. The van der Waals surface area contributed by atoms with E-state index in [4.69, 9.17) is 0 Å². The van der Waals surface area contributed by atoms with Gasteiger partial charge in [-0.2, -0.15) is 4.98 Å². The monoisotopic (exact) mass is 492 g/mol. The summed E-state index contributed by atoms with van der Waals surface area (Å²) in [5.41, 5.74) is -0.192. The molecule has 1 saturated heterocycles. The second kappa shape index (κ2) is 9.27. The maximum Gasteiger partial charge on any atom is 0.355 e. The van der Waals surface area contributed by atoms with Gasteiger partial charge in [0.25, 0.3) is 0 Å². The highest BCUT2D eigenvalue weighted by atomic mass is 19.1. The number of pyridine rings is 2. The highest BCUT2D eigenvalue weighted by molar-refractivity contribution is 5.90. The van der Waals surface area contributed by atoms with Crippen molar-refractivity contribution in [2.45, 2.75) is 32.7 Å². The van der Waals surface area contributed by atoms with Crippen LogP contribution in [0.5, 0.6) is 5.75 Å². The molecule has 186 valence electrons. The minimum atomic E-state index is -0.839. The third-order valence-electron chi connectivity index (χ3n) is 6.41. The molecule has 8 nitrogen and oxygen atoms in total. The molecule has 1 atom stereocenters. The van der Waals surface area contributed by atoms with Crippen molar-refractivity contribution in [1.82, 2.24) is 24.8 Å². The normalized spacial score (nSPS) is 16.2. The number of nitrogens with zero attached hydrogens (tertiary/aromatic N) is 5. The number of hydrogen-bond acceptors (Lipinski definition) is 7. The third-order valence-corrected chi connectivity index (χ3v) is 6.41. The summed E-state index contributed by atoms with van der Waals surface area (Å²) in [4.78, 5) is 28.8. The summed E-state index contributed by atoms with van der Waals surface area (Å²) >= 11 is 0. The highest BCUT2D eigenvalue weighted by Crippen LogP contribution is 2.36. The van der Waals surface area contributed by atoms with E-state index in [0.717, 1.165) is 6.07 Å². The second-order valence-electron chi connectivity index (χ2n) is 9.19. The minimum absolute atomic E-state index is 0.00679. The number of benzene rings is 1. The Hall–Kier alpha value is -3.92. The predicted molar refractivity (Wildman–Crippen MR) is 134 cm³/mol. The van der Waals surface area contributed by atoms with Crippen molar-refractivity contribution in [3.8, 4) is 22.7 Å². The molecule has 1 aliphatic heterocycles. The number of hydrogen-bond donors (Lipinski definition) is 2. The van der Waals surface area contributed by atoms with Gasteiger partial charge >= 0.3 is 5.69 Å². The average molecular weight is 493 g/mol. The van der Waals surface area contributed by atoms with E-state index in [-0.39, 0.29) is 23.2 Å². The van der Waals surface area contributed by atoms with E-state index < -0.39 is 28.8 Å². The van der Waals surface area contributed by atoms with Crippen molar-refractivity contribution in [1.29, 1.82) is 0 Å². The Labute approximate surface area is 206 Å². The Kier molecular flexibility index (Phi) is 6.13. The molecule has 1 fully saturated rings. The van der Waals surface area contributed by atoms with Crippen molar-refractivity contribution in [2.75, 3.05) is 24.5 Å². The lowest BCUT2D eigenvalue weighted by Crippen LogP contribution is -2.50. The summed E-state index contributed by atoms with van der Waals surface area (Å²) in [6.07, 6.45) is 1.63. The molecule has 2 N–H and O–H groups in total. The molecule has 0 unspecified atom stereocenters. The summed E-state index contributed by atoms with van der Waals surface area (Å²) in [5.74, 6) is -1.85. The number of halogens is 2. The van der Waals surface area contributed by atoms with E-state index in [1.807, 2.05) is 25.7 Å². The lowest BCUT2D eigenvalue weighted by atomic mass is 10.1. The van der Waals surface area contributed by atoms with Crippen LogP contribution in [0.4, 0.5) is 14.6 Å². The van der Waals surface area contributed by atoms with Gasteiger partial charge in [0.1, 0.15) is 23.1 Å². The number of anilines is 1.